The molecule has 28 heavy (non-hydrogen) atoms. The Morgan fingerprint density at radius 3 is 2.82 bits per heavy atom. The van der Waals surface area contributed by atoms with Crippen LogP contribution in [-0.4, -0.2) is 43.6 Å². The maximum absolute atomic E-state index is 13.1. The molecule has 0 saturated heterocycles. The zero-order valence-electron chi connectivity index (χ0n) is 16.6. The molecule has 4 rings (SSSR count). The molecule has 1 aliphatic carbocycles. The monoisotopic (exact) mass is 395 g/mol. The SMILES string of the molecule is CCCN(CC1CC1)C(=O)c1cnn(-c2ncc(C)c(-c3cccs3)n2)c1C. The van der Waals surface area contributed by atoms with E-state index in [-0.39, 0.29) is 5.91 Å². The first-order chi connectivity index (χ1) is 13.6. The third kappa shape index (κ3) is 3.71. The normalized spacial score (nSPS) is 13.7. The highest BCUT2D eigenvalue weighted by Gasteiger charge is 2.28. The fraction of sp³-hybridized carbons (Fsp3) is 0.429. The molecule has 146 valence electrons. The molecule has 6 nitrogen and oxygen atoms in total. The lowest BCUT2D eigenvalue weighted by atomic mass is 10.2. The molecule has 0 radical (unpaired) electrons. The molecule has 3 aromatic heterocycles. The number of aromatic nitrogens is 4. The second kappa shape index (κ2) is 7.83. The predicted molar refractivity (Wildman–Crippen MR) is 111 cm³/mol. The Morgan fingerprint density at radius 2 is 2.14 bits per heavy atom. The summed E-state index contributed by atoms with van der Waals surface area (Å²) >= 11 is 1.65. The van der Waals surface area contributed by atoms with Crippen LogP contribution >= 0.6 is 11.3 Å². The van der Waals surface area contributed by atoms with Gasteiger partial charge < -0.3 is 4.90 Å². The minimum atomic E-state index is 0.0584. The van der Waals surface area contributed by atoms with E-state index in [2.05, 4.69) is 23.1 Å². The van der Waals surface area contributed by atoms with Gasteiger partial charge in [0.1, 0.15) is 0 Å². The Hall–Kier alpha value is -2.54. The van der Waals surface area contributed by atoms with E-state index in [1.807, 2.05) is 36.4 Å². The fourth-order valence-electron chi connectivity index (χ4n) is 3.35. The summed E-state index contributed by atoms with van der Waals surface area (Å²) in [6.45, 7) is 7.65. The average Bonchev–Trinajstić information content (AvgIpc) is 3.18. The van der Waals surface area contributed by atoms with Crippen molar-refractivity contribution in [2.45, 2.75) is 40.0 Å². The number of carbonyl (C=O) groups excluding carboxylic acids is 1. The molecule has 1 aliphatic rings. The summed E-state index contributed by atoms with van der Waals surface area (Å²) < 4.78 is 1.67. The van der Waals surface area contributed by atoms with Gasteiger partial charge in [-0.15, -0.1) is 11.3 Å². The van der Waals surface area contributed by atoms with Crippen LogP contribution < -0.4 is 0 Å². The van der Waals surface area contributed by atoms with Crippen LogP contribution in [0.4, 0.5) is 0 Å². The molecule has 3 aromatic rings. The van der Waals surface area contributed by atoms with Crippen molar-refractivity contribution in [1.29, 1.82) is 0 Å². The Morgan fingerprint density at radius 1 is 1.32 bits per heavy atom. The lowest BCUT2D eigenvalue weighted by molar-refractivity contribution is 0.0747. The van der Waals surface area contributed by atoms with Crippen molar-refractivity contribution in [1.82, 2.24) is 24.6 Å². The van der Waals surface area contributed by atoms with E-state index in [0.29, 0.717) is 17.4 Å². The van der Waals surface area contributed by atoms with Crippen LogP contribution in [0.25, 0.3) is 16.5 Å². The molecule has 0 spiro atoms. The van der Waals surface area contributed by atoms with Crippen LogP contribution in [0.3, 0.4) is 0 Å². The van der Waals surface area contributed by atoms with Gasteiger partial charge in [-0.1, -0.05) is 13.0 Å². The molecule has 1 fully saturated rings. The lowest BCUT2D eigenvalue weighted by Crippen LogP contribution is -2.33. The fourth-order valence-corrected chi connectivity index (χ4v) is 4.13. The van der Waals surface area contributed by atoms with Crippen LogP contribution in [0.2, 0.25) is 0 Å². The van der Waals surface area contributed by atoms with Crippen molar-refractivity contribution in [3.8, 4) is 16.5 Å². The van der Waals surface area contributed by atoms with Gasteiger partial charge in [-0.2, -0.15) is 5.10 Å². The minimum Gasteiger partial charge on any atom is -0.338 e. The summed E-state index contributed by atoms with van der Waals surface area (Å²) in [6, 6.07) is 4.06. The van der Waals surface area contributed by atoms with Crippen molar-refractivity contribution in [3.05, 3.63) is 46.7 Å². The molecular weight excluding hydrogens is 370 g/mol. The van der Waals surface area contributed by atoms with Crippen LogP contribution in [-0.2, 0) is 0 Å². The standard InChI is InChI=1S/C21H25N5OS/c1-4-9-25(13-16-7-8-16)20(27)17-12-23-26(15(17)3)21-22-11-14(2)19(24-21)18-6-5-10-28-18/h5-6,10-12,16H,4,7-9,13H2,1-3H3. The minimum absolute atomic E-state index is 0.0584. The zero-order chi connectivity index (χ0) is 19.7. The van der Waals surface area contributed by atoms with Gasteiger partial charge >= 0.3 is 0 Å². The first-order valence-corrected chi connectivity index (χ1v) is 10.7. The number of amides is 1. The predicted octanol–water partition coefficient (Wildman–Crippen LogP) is 4.27. The van der Waals surface area contributed by atoms with Gasteiger partial charge in [-0.05, 0) is 56.0 Å². The van der Waals surface area contributed by atoms with Gasteiger partial charge in [-0.25, -0.2) is 14.6 Å². The lowest BCUT2D eigenvalue weighted by Gasteiger charge is -2.21. The van der Waals surface area contributed by atoms with Crippen molar-refractivity contribution >= 4 is 17.2 Å². The van der Waals surface area contributed by atoms with Crippen molar-refractivity contribution < 1.29 is 4.79 Å². The van der Waals surface area contributed by atoms with E-state index in [0.717, 1.165) is 41.3 Å². The summed E-state index contributed by atoms with van der Waals surface area (Å²) in [5.74, 6) is 1.22. The van der Waals surface area contributed by atoms with E-state index in [1.54, 1.807) is 22.2 Å². The quantitative estimate of drug-likeness (QED) is 0.599. The molecule has 7 heteroatoms. The summed E-state index contributed by atoms with van der Waals surface area (Å²) in [6.07, 6.45) is 6.89. The number of hydrogen-bond acceptors (Lipinski definition) is 5. The number of thiophene rings is 1. The van der Waals surface area contributed by atoms with E-state index >= 15 is 0 Å². The summed E-state index contributed by atoms with van der Waals surface area (Å²) in [7, 11) is 0. The highest BCUT2D eigenvalue weighted by Crippen LogP contribution is 2.30. The van der Waals surface area contributed by atoms with E-state index in [1.165, 1.54) is 12.8 Å². The van der Waals surface area contributed by atoms with E-state index in [4.69, 9.17) is 4.98 Å². The first-order valence-electron chi connectivity index (χ1n) is 9.80. The van der Waals surface area contributed by atoms with Gasteiger partial charge in [0.25, 0.3) is 11.9 Å². The molecule has 0 aromatic carbocycles. The first kappa shape index (κ1) is 18.8. The number of carbonyl (C=O) groups is 1. The molecule has 0 atom stereocenters. The van der Waals surface area contributed by atoms with Crippen LogP contribution in [0, 0.1) is 19.8 Å². The molecule has 0 unspecified atom stereocenters. The Labute approximate surface area is 169 Å². The zero-order valence-corrected chi connectivity index (χ0v) is 17.4. The van der Waals surface area contributed by atoms with E-state index < -0.39 is 0 Å². The molecule has 0 bridgehead atoms. The topological polar surface area (TPSA) is 63.9 Å². The second-order valence-corrected chi connectivity index (χ2v) is 8.38. The maximum atomic E-state index is 13.1. The molecule has 3 heterocycles. The van der Waals surface area contributed by atoms with Crippen LogP contribution in [0.1, 0.15) is 47.8 Å². The molecule has 0 N–H and O–H groups in total. The smallest absolute Gasteiger partial charge is 0.257 e. The highest BCUT2D eigenvalue weighted by molar-refractivity contribution is 7.13. The Balaban J connectivity index is 1.65. The van der Waals surface area contributed by atoms with Gasteiger partial charge in [0.2, 0.25) is 0 Å². The van der Waals surface area contributed by atoms with Crippen LogP contribution in [0.15, 0.2) is 29.9 Å². The molecule has 0 aliphatic heterocycles. The third-order valence-electron chi connectivity index (χ3n) is 5.10. The van der Waals surface area contributed by atoms with Gasteiger partial charge in [0, 0.05) is 19.3 Å². The Kier molecular flexibility index (Phi) is 5.26. The van der Waals surface area contributed by atoms with Crippen molar-refractivity contribution in [2.75, 3.05) is 13.1 Å². The van der Waals surface area contributed by atoms with Crippen LogP contribution in [0.5, 0.6) is 0 Å². The largest absolute Gasteiger partial charge is 0.338 e. The van der Waals surface area contributed by atoms with Gasteiger partial charge in [0.15, 0.2) is 0 Å². The number of nitrogens with zero attached hydrogens (tertiary/aromatic N) is 5. The molecular formula is C21H25N5OS. The third-order valence-corrected chi connectivity index (χ3v) is 5.98. The number of aryl methyl sites for hydroxylation is 1. The maximum Gasteiger partial charge on any atom is 0.257 e. The van der Waals surface area contributed by atoms with E-state index in [9.17, 15) is 4.79 Å². The number of rotatable bonds is 7. The highest BCUT2D eigenvalue weighted by atomic mass is 32.1. The van der Waals surface area contributed by atoms with Crippen molar-refractivity contribution in [2.24, 2.45) is 5.92 Å². The molecule has 1 amide bonds. The summed E-state index contributed by atoms with van der Waals surface area (Å²) in [5, 5.41) is 6.48. The second-order valence-electron chi connectivity index (χ2n) is 7.43. The van der Waals surface area contributed by atoms with Gasteiger partial charge in [0.05, 0.1) is 28.0 Å². The number of hydrogen-bond donors (Lipinski definition) is 0. The summed E-state index contributed by atoms with van der Waals surface area (Å²) in [5.41, 5.74) is 3.34. The molecule has 1 saturated carbocycles. The van der Waals surface area contributed by atoms with Crippen molar-refractivity contribution in [3.63, 3.8) is 0 Å². The summed E-state index contributed by atoms with van der Waals surface area (Å²) in [4.78, 5) is 25.4. The Bertz CT molecular complexity index is 975. The average molecular weight is 396 g/mol. The van der Waals surface area contributed by atoms with Gasteiger partial charge in [-0.3, -0.25) is 4.79 Å².